The molecule has 1 aromatic carbocycles. The lowest BCUT2D eigenvalue weighted by Crippen LogP contribution is -2.15. The second-order valence-electron chi connectivity index (χ2n) is 4.98. The Labute approximate surface area is 120 Å². The van der Waals surface area contributed by atoms with E-state index in [9.17, 15) is 4.79 Å². The SMILES string of the molecule is COC(=O)c1cccc(N)c1NCCOCCC(C)C. The highest BCUT2D eigenvalue weighted by molar-refractivity contribution is 5.98. The molecule has 0 bridgehead atoms. The van der Waals surface area contributed by atoms with Gasteiger partial charge in [0, 0.05) is 13.2 Å². The molecule has 0 fully saturated rings. The molecular formula is C15H24N2O3. The molecule has 112 valence electrons. The third-order valence-corrected chi connectivity index (χ3v) is 2.89. The summed E-state index contributed by atoms with van der Waals surface area (Å²) in [5.41, 5.74) is 7.45. The van der Waals surface area contributed by atoms with Crippen LogP contribution in [0.3, 0.4) is 0 Å². The van der Waals surface area contributed by atoms with Crippen molar-refractivity contribution in [2.75, 3.05) is 37.9 Å². The summed E-state index contributed by atoms with van der Waals surface area (Å²) in [6.45, 7) is 6.23. The predicted octanol–water partition coefficient (Wildman–Crippen LogP) is 2.53. The topological polar surface area (TPSA) is 73.6 Å². The summed E-state index contributed by atoms with van der Waals surface area (Å²) in [5.74, 6) is 0.235. The van der Waals surface area contributed by atoms with Crippen LogP contribution >= 0.6 is 0 Å². The van der Waals surface area contributed by atoms with Crippen molar-refractivity contribution >= 4 is 17.3 Å². The zero-order valence-electron chi connectivity index (χ0n) is 12.4. The first kappa shape index (κ1) is 16.3. The van der Waals surface area contributed by atoms with Crippen LogP contribution in [0.1, 0.15) is 30.6 Å². The number of nitrogens with one attached hydrogen (secondary N) is 1. The Balaban J connectivity index is 2.49. The van der Waals surface area contributed by atoms with E-state index in [1.54, 1.807) is 18.2 Å². The lowest BCUT2D eigenvalue weighted by molar-refractivity contribution is 0.0601. The molecule has 0 amide bonds. The Morgan fingerprint density at radius 1 is 1.35 bits per heavy atom. The molecule has 0 radical (unpaired) electrons. The third-order valence-electron chi connectivity index (χ3n) is 2.89. The maximum absolute atomic E-state index is 11.6. The van der Waals surface area contributed by atoms with E-state index in [1.807, 2.05) is 0 Å². The molecule has 0 spiro atoms. The summed E-state index contributed by atoms with van der Waals surface area (Å²) < 4.78 is 10.3. The standard InChI is InChI=1S/C15H24N2O3/c1-11(2)7-9-20-10-8-17-14-12(15(18)19-3)5-4-6-13(14)16/h4-6,11,17H,7-10,16H2,1-3H3. The smallest absolute Gasteiger partial charge is 0.340 e. The fourth-order valence-electron chi connectivity index (χ4n) is 1.72. The molecule has 0 atom stereocenters. The van der Waals surface area contributed by atoms with Gasteiger partial charge in [0.15, 0.2) is 0 Å². The van der Waals surface area contributed by atoms with Crippen molar-refractivity contribution in [3.8, 4) is 0 Å². The number of nitrogens with two attached hydrogens (primary N) is 1. The van der Waals surface area contributed by atoms with Crippen molar-refractivity contribution in [3.63, 3.8) is 0 Å². The van der Waals surface area contributed by atoms with Crippen LogP contribution in [-0.2, 0) is 9.47 Å². The van der Waals surface area contributed by atoms with Gasteiger partial charge in [0.1, 0.15) is 0 Å². The molecule has 0 heterocycles. The number of esters is 1. The van der Waals surface area contributed by atoms with E-state index in [0.29, 0.717) is 36.0 Å². The van der Waals surface area contributed by atoms with Gasteiger partial charge in [0.25, 0.3) is 0 Å². The summed E-state index contributed by atoms with van der Waals surface area (Å²) in [6.07, 6.45) is 1.04. The summed E-state index contributed by atoms with van der Waals surface area (Å²) in [7, 11) is 1.35. The van der Waals surface area contributed by atoms with E-state index in [-0.39, 0.29) is 0 Å². The normalized spacial score (nSPS) is 10.6. The van der Waals surface area contributed by atoms with Gasteiger partial charge in [-0.05, 0) is 24.5 Å². The molecule has 0 aliphatic heterocycles. The lowest BCUT2D eigenvalue weighted by atomic mass is 10.1. The van der Waals surface area contributed by atoms with Gasteiger partial charge < -0.3 is 20.5 Å². The van der Waals surface area contributed by atoms with Crippen molar-refractivity contribution in [3.05, 3.63) is 23.8 Å². The Bertz CT molecular complexity index is 433. The van der Waals surface area contributed by atoms with Crippen LogP contribution in [0.5, 0.6) is 0 Å². The number of carbonyl (C=O) groups excluding carboxylic acids is 1. The van der Waals surface area contributed by atoms with Gasteiger partial charge in [-0.2, -0.15) is 0 Å². The first-order valence-corrected chi connectivity index (χ1v) is 6.84. The second-order valence-corrected chi connectivity index (χ2v) is 4.98. The quantitative estimate of drug-likeness (QED) is 0.435. The van der Waals surface area contributed by atoms with Crippen LogP contribution in [0.4, 0.5) is 11.4 Å². The number of carbonyl (C=O) groups is 1. The fourth-order valence-corrected chi connectivity index (χ4v) is 1.72. The maximum atomic E-state index is 11.6. The highest BCUT2D eigenvalue weighted by atomic mass is 16.5. The Morgan fingerprint density at radius 3 is 2.75 bits per heavy atom. The minimum atomic E-state index is -0.402. The highest BCUT2D eigenvalue weighted by Crippen LogP contribution is 2.23. The van der Waals surface area contributed by atoms with Crippen LogP contribution in [-0.4, -0.2) is 32.8 Å². The van der Waals surface area contributed by atoms with Crippen molar-refractivity contribution in [2.45, 2.75) is 20.3 Å². The van der Waals surface area contributed by atoms with Gasteiger partial charge in [0.05, 0.1) is 30.7 Å². The average molecular weight is 280 g/mol. The Hall–Kier alpha value is -1.75. The molecule has 3 N–H and O–H groups in total. The summed E-state index contributed by atoms with van der Waals surface area (Å²) >= 11 is 0. The minimum Gasteiger partial charge on any atom is -0.465 e. The molecule has 0 unspecified atom stereocenters. The first-order chi connectivity index (χ1) is 9.56. The molecule has 0 saturated heterocycles. The van der Waals surface area contributed by atoms with Crippen LogP contribution in [0, 0.1) is 5.92 Å². The second kappa shape index (κ2) is 8.43. The number of hydrogen-bond donors (Lipinski definition) is 2. The van der Waals surface area contributed by atoms with E-state index in [4.69, 9.17) is 15.2 Å². The lowest BCUT2D eigenvalue weighted by Gasteiger charge is -2.13. The molecule has 1 aromatic rings. The molecule has 5 heteroatoms. The van der Waals surface area contributed by atoms with Crippen molar-refractivity contribution < 1.29 is 14.3 Å². The summed E-state index contributed by atoms with van der Waals surface area (Å²) in [5, 5.41) is 3.13. The molecular weight excluding hydrogens is 256 g/mol. The molecule has 0 aromatic heterocycles. The first-order valence-electron chi connectivity index (χ1n) is 6.84. The number of anilines is 2. The Kier molecular flexibility index (Phi) is 6.87. The molecule has 1 rings (SSSR count). The number of para-hydroxylation sites is 1. The number of rotatable bonds is 8. The van der Waals surface area contributed by atoms with E-state index in [2.05, 4.69) is 19.2 Å². The third kappa shape index (κ3) is 5.09. The van der Waals surface area contributed by atoms with E-state index in [1.165, 1.54) is 7.11 Å². The van der Waals surface area contributed by atoms with Gasteiger partial charge in [-0.3, -0.25) is 0 Å². The fraction of sp³-hybridized carbons (Fsp3) is 0.533. The van der Waals surface area contributed by atoms with Gasteiger partial charge >= 0.3 is 5.97 Å². The van der Waals surface area contributed by atoms with Crippen molar-refractivity contribution in [1.29, 1.82) is 0 Å². The van der Waals surface area contributed by atoms with E-state index >= 15 is 0 Å². The van der Waals surface area contributed by atoms with Crippen molar-refractivity contribution in [2.24, 2.45) is 5.92 Å². The van der Waals surface area contributed by atoms with Gasteiger partial charge in [-0.1, -0.05) is 19.9 Å². The molecule has 0 saturated carbocycles. The Morgan fingerprint density at radius 2 is 2.10 bits per heavy atom. The van der Waals surface area contributed by atoms with Crippen LogP contribution in [0.15, 0.2) is 18.2 Å². The number of benzene rings is 1. The van der Waals surface area contributed by atoms with Gasteiger partial charge in [-0.25, -0.2) is 4.79 Å². The largest absolute Gasteiger partial charge is 0.465 e. The molecule has 20 heavy (non-hydrogen) atoms. The number of nitrogen functional groups attached to an aromatic ring is 1. The van der Waals surface area contributed by atoms with Gasteiger partial charge in [-0.15, -0.1) is 0 Å². The molecule has 5 nitrogen and oxygen atoms in total. The highest BCUT2D eigenvalue weighted by Gasteiger charge is 2.13. The van der Waals surface area contributed by atoms with Gasteiger partial charge in [0.2, 0.25) is 0 Å². The van der Waals surface area contributed by atoms with Crippen molar-refractivity contribution in [1.82, 2.24) is 0 Å². The van der Waals surface area contributed by atoms with E-state index in [0.717, 1.165) is 13.0 Å². The number of hydrogen-bond acceptors (Lipinski definition) is 5. The summed E-state index contributed by atoms with van der Waals surface area (Å²) in [6, 6.07) is 5.16. The van der Waals surface area contributed by atoms with Crippen LogP contribution < -0.4 is 11.1 Å². The predicted molar refractivity (Wildman–Crippen MR) is 81.0 cm³/mol. The minimum absolute atomic E-state index is 0.402. The number of ether oxygens (including phenoxy) is 2. The zero-order chi connectivity index (χ0) is 15.0. The zero-order valence-corrected chi connectivity index (χ0v) is 12.4. The maximum Gasteiger partial charge on any atom is 0.340 e. The summed E-state index contributed by atoms with van der Waals surface area (Å²) in [4.78, 5) is 11.6. The van der Waals surface area contributed by atoms with Crippen LogP contribution in [0.2, 0.25) is 0 Å². The van der Waals surface area contributed by atoms with E-state index < -0.39 is 5.97 Å². The molecule has 0 aliphatic carbocycles. The number of methoxy groups -OCH3 is 1. The van der Waals surface area contributed by atoms with Crippen LogP contribution in [0.25, 0.3) is 0 Å². The molecule has 0 aliphatic rings. The monoisotopic (exact) mass is 280 g/mol. The average Bonchev–Trinajstić information content (AvgIpc) is 2.42.